The zero-order chi connectivity index (χ0) is 16.1. The molecule has 24 heavy (non-hydrogen) atoms. The number of hydrogen-bond donors (Lipinski definition) is 0. The summed E-state index contributed by atoms with van der Waals surface area (Å²) in [5.74, 6) is 1.04. The maximum absolute atomic E-state index is 4.94. The van der Waals surface area contributed by atoms with E-state index in [1.165, 1.54) is 22.3 Å². The molecule has 0 saturated carbocycles. The van der Waals surface area contributed by atoms with Crippen LogP contribution in [-0.4, -0.2) is 16.6 Å². The number of rotatable bonds is 1. The maximum Gasteiger partial charge on any atom is 0.145 e. The predicted octanol–water partition coefficient (Wildman–Crippen LogP) is 4.70. The van der Waals surface area contributed by atoms with Gasteiger partial charge in [-0.3, -0.25) is 4.57 Å². The van der Waals surface area contributed by atoms with Crippen LogP contribution in [0.1, 0.15) is 11.7 Å². The molecule has 1 aliphatic rings. The van der Waals surface area contributed by atoms with E-state index in [4.69, 9.17) is 4.98 Å². The summed E-state index contributed by atoms with van der Waals surface area (Å²) in [5.41, 5.74) is 5.87. The fourth-order valence-electron chi connectivity index (χ4n) is 3.76. The first-order valence-electron chi connectivity index (χ1n) is 8.19. The van der Waals surface area contributed by atoms with E-state index in [-0.39, 0.29) is 6.17 Å². The summed E-state index contributed by atoms with van der Waals surface area (Å²) >= 11 is 0. The average molecular weight is 311 g/mol. The predicted molar refractivity (Wildman–Crippen MR) is 98.2 cm³/mol. The van der Waals surface area contributed by atoms with Gasteiger partial charge in [-0.2, -0.15) is 0 Å². The highest BCUT2D eigenvalue weighted by atomic mass is 15.3. The zero-order valence-corrected chi connectivity index (χ0v) is 13.4. The van der Waals surface area contributed by atoms with Crippen molar-refractivity contribution in [1.82, 2.24) is 9.55 Å². The molecule has 5 rings (SSSR count). The van der Waals surface area contributed by atoms with Gasteiger partial charge in [0.1, 0.15) is 12.0 Å². The molecule has 0 saturated heterocycles. The Morgan fingerprint density at radius 3 is 2.38 bits per heavy atom. The number of hydrogen-bond acceptors (Lipinski definition) is 2. The minimum atomic E-state index is 0.100. The minimum absolute atomic E-state index is 0.100. The topological polar surface area (TPSA) is 21.1 Å². The molecule has 1 aromatic heterocycles. The van der Waals surface area contributed by atoms with Crippen molar-refractivity contribution in [3.05, 3.63) is 84.4 Å². The zero-order valence-electron chi connectivity index (χ0n) is 13.4. The molecule has 3 aromatic carbocycles. The lowest BCUT2D eigenvalue weighted by Crippen LogP contribution is -2.34. The lowest BCUT2D eigenvalue weighted by Gasteiger charge is -2.38. The molecule has 0 spiro atoms. The molecular weight excluding hydrogens is 294 g/mol. The van der Waals surface area contributed by atoms with Gasteiger partial charge in [0.2, 0.25) is 0 Å². The summed E-state index contributed by atoms with van der Waals surface area (Å²) in [6.45, 7) is 0. The third kappa shape index (κ3) is 1.75. The minimum Gasteiger partial charge on any atom is -0.350 e. The van der Waals surface area contributed by atoms with Gasteiger partial charge in [-0.05, 0) is 29.8 Å². The van der Waals surface area contributed by atoms with Crippen molar-refractivity contribution in [2.45, 2.75) is 6.17 Å². The molecule has 0 radical (unpaired) electrons. The number of benzene rings is 3. The van der Waals surface area contributed by atoms with Crippen LogP contribution < -0.4 is 4.90 Å². The van der Waals surface area contributed by atoms with Gasteiger partial charge in [-0.1, -0.05) is 54.6 Å². The van der Waals surface area contributed by atoms with Gasteiger partial charge in [0.15, 0.2) is 0 Å². The molecule has 0 fully saturated rings. The van der Waals surface area contributed by atoms with Gasteiger partial charge in [0, 0.05) is 18.3 Å². The quantitative estimate of drug-likeness (QED) is 0.508. The molecule has 0 bridgehead atoms. The van der Waals surface area contributed by atoms with Gasteiger partial charge >= 0.3 is 0 Å². The van der Waals surface area contributed by atoms with Crippen molar-refractivity contribution in [2.24, 2.45) is 0 Å². The van der Waals surface area contributed by atoms with Crippen molar-refractivity contribution >= 4 is 16.7 Å². The molecule has 0 unspecified atom stereocenters. The number of imidazole rings is 1. The summed E-state index contributed by atoms with van der Waals surface area (Å²) in [4.78, 5) is 7.28. The molecule has 4 aromatic rings. The van der Waals surface area contributed by atoms with Crippen LogP contribution in [0.25, 0.3) is 22.4 Å². The second-order valence-electron chi connectivity index (χ2n) is 6.21. The highest BCUT2D eigenvalue weighted by Crippen LogP contribution is 2.43. The third-order valence-electron chi connectivity index (χ3n) is 4.83. The third-order valence-corrected chi connectivity index (χ3v) is 4.83. The summed E-state index contributed by atoms with van der Waals surface area (Å²) < 4.78 is 2.35. The Hall–Kier alpha value is -3.07. The van der Waals surface area contributed by atoms with Crippen molar-refractivity contribution < 1.29 is 0 Å². The van der Waals surface area contributed by atoms with E-state index >= 15 is 0 Å². The van der Waals surface area contributed by atoms with Crippen molar-refractivity contribution in [1.29, 1.82) is 0 Å². The van der Waals surface area contributed by atoms with Crippen LogP contribution in [0.15, 0.2) is 78.9 Å². The van der Waals surface area contributed by atoms with E-state index in [2.05, 4.69) is 95.4 Å². The Morgan fingerprint density at radius 2 is 1.50 bits per heavy atom. The van der Waals surface area contributed by atoms with Crippen LogP contribution in [-0.2, 0) is 0 Å². The second-order valence-corrected chi connectivity index (χ2v) is 6.21. The molecule has 0 N–H and O–H groups in total. The summed E-state index contributed by atoms with van der Waals surface area (Å²) in [5, 5.41) is 0. The summed E-state index contributed by atoms with van der Waals surface area (Å²) in [7, 11) is 2.16. The van der Waals surface area contributed by atoms with Gasteiger partial charge in [-0.25, -0.2) is 4.98 Å². The normalized spacial score (nSPS) is 16.0. The number of anilines is 1. The van der Waals surface area contributed by atoms with Crippen LogP contribution in [0, 0.1) is 0 Å². The van der Waals surface area contributed by atoms with Crippen LogP contribution in [0.4, 0.5) is 5.69 Å². The van der Waals surface area contributed by atoms with Gasteiger partial charge in [0.05, 0.1) is 11.0 Å². The number of para-hydroxylation sites is 3. The largest absolute Gasteiger partial charge is 0.350 e. The number of nitrogens with zero attached hydrogens (tertiary/aromatic N) is 3. The molecule has 3 heteroatoms. The first-order valence-corrected chi connectivity index (χ1v) is 8.19. The van der Waals surface area contributed by atoms with E-state index in [0.717, 1.165) is 11.3 Å². The number of fused-ring (bicyclic) bond motifs is 5. The molecule has 1 aliphatic heterocycles. The molecule has 1 atom stereocenters. The summed E-state index contributed by atoms with van der Waals surface area (Å²) in [6.07, 6.45) is 0.100. The highest BCUT2D eigenvalue weighted by molar-refractivity contribution is 5.87. The van der Waals surface area contributed by atoms with Gasteiger partial charge in [-0.15, -0.1) is 0 Å². The van der Waals surface area contributed by atoms with Crippen LogP contribution in [0.3, 0.4) is 0 Å². The monoisotopic (exact) mass is 311 g/mol. The van der Waals surface area contributed by atoms with Crippen LogP contribution in [0.2, 0.25) is 0 Å². The van der Waals surface area contributed by atoms with E-state index in [9.17, 15) is 0 Å². The molecule has 2 heterocycles. The number of aromatic nitrogens is 2. The molecule has 0 aliphatic carbocycles. The fraction of sp³-hybridized carbons (Fsp3) is 0.0952. The maximum atomic E-state index is 4.94. The molecule has 116 valence electrons. The van der Waals surface area contributed by atoms with E-state index in [1.807, 2.05) is 0 Å². The van der Waals surface area contributed by atoms with Crippen LogP contribution >= 0.6 is 0 Å². The lowest BCUT2D eigenvalue weighted by atomic mass is 10.0. The van der Waals surface area contributed by atoms with Gasteiger partial charge in [0.25, 0.3) is 0 Å². The first kappa shape index (κ1) is 13.4. The lowest BCUT2D eigenvalue weighted by molar-refractivity contribution is 0.582. The van der Waals surface area contributed by atoms with Crippen molar-refractivity contribution in [2.75, 3.05) is 11.9 Å². The van der Waals surface area contributed by atoms with Crippen molar-refractivity contribution in [3.63, 3.8) is 0 Å². The summed E-state index contributed by atoms with van der Waals surface area (Å²) in [6, 6.07) is 27.5. The Bertz CT molecular complexity index is 1030. The van der Waals surface area contributed by atoms with Crippen LogP contribution in [0.5, 0.6) is 0 Å². The standard InChI is InChI=1S/C21H17N3/c1-23-18-13-7-5-11-16(18)20-22-17-12-6-8-14-19(17)24(20)21(23)15-9-3-2-4-10-15/h2-14,21H,1H3/t21-/m0/s1. The first-order chi connectivity index (χ1) is 11.8. The Morgan fingerprint density at radius 1 is 0.792 bits per heavy atom. The Labute approximate surface area is 140 Å². The van der Waals surface area contributed by atoms with E-state index in [1.54, 1.807) is 0 Å². The highest BCUT2D eigenvalue weighted by Gasteiger charge is 2.31. The van der Waals surface area contributed by atoms with E-state index in [0.29, 0.717) is 0 Å². The Balaban J connectivity index is 1.89. The second kappa shape index (κ2) is 4.96. The smallest absolute Gasteiger partial charge is 0.145 e. The Kier molecular flexibility index (Phi) is 2.77. The molecular formula is C21H17N3. The van der Waals surface area contributed by atoms with Crippen molar-refractivity contribution in [3.8, 4) is 11.4 Å². The molecule has 0 amide bonds. The van der Waals surface area contributed by atoms with E-state index < -0.39 is 0 Å². The fourth-order valence-corrected chi connectivity index (χ4v) is 3.76. The molecule has 3 nitrogen and oxygen atoms in total. The van der Waals surface area contributed by atoms with Gasteiger partial charge < -0.3 is 4.90 Å². The average Bonchev–Trinajstić information content (AvgIpc) is 3.03. The SMILES string of the molecule is CN1c2ccccc2-c2nc3ccccc3n2[C@H]1c1ccccc1.